The van der Waals surface area contributed by atoms with E-state index in [1.165, 1.54) is 0 Å². The van der Waals surface area contributed by atoms with Crippen LogP contribution < -0.4 is 0 Å². The number of fused-ring (bicyclic) bond motifs is 1. The van der Waals surface area contributed by atoms with Gasteiger partial charge in [-0.05, 0) is 24.6 Å². The van der Waals surface area contributed by atoms with Crippen molar-refractivity contribution in [2.45, 2.75) is 39.0 Å². The maximum atomic E-state index is 13.2. The van der Waals surface area contributed by atoms with Gasteiger partial charge < -0.3 is 14.6 Å². The first kappa shape index (κ1) is 21.6. The van der Waals surface area contributed by atoms with Crippen molar-refractivity contribution in [2.24, 2.45) is 0 Å². The van der Waals surface area contributed by atoms with Crippen LogP contribution in [-0.2, 0) is 4.74 Å². The Bertz CT molecular complexity index is 790. The van der Waals surface area contributed by atoms with Gasteiger partial charge in [0.25, 0.3) is 12.3 Å². The molecule has 0 bridgehead atoms. The van der Waals surface area contributed by atoms with Gasteiger partial charge >= 0.3 is 0 Å². The van der Waals surface area contributed by atoms with Crippen LogP contribution in [0.2, 0.25) is 0 Å². The molecule has 160 valence electrons. The summed E-state index contributed by atoms with van der Waals surface area (Å²) in [6, 6.07) is 4.93. The first-order valence-corrected chi connectivity index (χ1v) is 10.5. The number of carbonyl (C=O) groups is 1. The molecular formula is C21H30F2N4O2. The molecule has 2 heterocycles. The van der Waals surface area contributed by atoms with E-state index in [1.807, 2.05) is 4.90 Å². The third-order valence-electron chi connectivity index (χ3n) is 5.31. The number of amides is 1. The Balaban J connectivity index is 1.70. The fourth-order valence-electron chi connectivity index (χ4n) is 3.58. The molecular weight excluding hydrogens is 378 g/mol. The van der Waals surface area contributed by atoms with Crippen LogP contribution in [0.25, 0.3) is 11.0 Å². The number of unbranched alkanes of at least 4 members (excludes halogenated alkanes) is 3. The summed E-state index contributed by atoms with van der Waals surface area (Å²) in [6.45, 7) is 7.55. The molecule has 2 aromatic rings. The number of morpholine rings is 1. The Labute approximate surface area is 170 Å². The summed E-state index contributed by atoms with van der Waals surface area (Å²) in [6.07, 6.45) is 1.69. The predicted molar refractivity (Wildman–Crippen MR) is 108 cm³/mol. The largest absolute Gasteiger partial charge is 0.379 e. The molecule has 0 radical (unpaired) electrons. The molecule has 0 atom stereocenters. The third kappa shape index (κ3) is 5.96. The van der Waals surface area contributed by atoms with Gasteiger partial charge in [-0.3, -0.25) is 9.69 Å². The van der Waals surface area contributed by atoms with Crippen LogP contribution in [-0.4, -0.2) is 71.6 Å². The van der Waals surface area contributed by atoms with E-state index in [0.717, 1.165) is 58.5 Å². The second-order valence-electron chi connectivity index (χ2n) is 7.46. The quantitative estimate of drug-likeness (QED) is 0.607. The van der Waals surface area contributed by atoms with Gasteiger partial charge in [0.15, 0.2) is 5.82 Å². The average Bonchev–Trinajstić information content (AvgIpc) is 3.17. The Morgan fingerprint density at radius 1 is 1.24 bits per heavy atom. The molecule has 0 aliphatic carbocycles. The van der Waals surface area contributed by atoms with Crippen molar-refractivity contribution in [1.29, 1.82) is 0 Å². The predicted octanol–water partition coefficient (Wildman–Crippen LogP) is 3.86. The van der Waals surface area contributed by atoms with E-state index in [-0.39, 0.29) is 11.7 Å². The van der Waals surface area contributed by atoms with Crippen LogP contribution in [0.5, 0.6) is 0 Å². The minimum Gasteiger partial charge on any atom is -0.379 e. The lowest BCUT2D eigenvalue weighted by atomic mass is 10.1. The van der Waals surface area contributed by atoms with E-state index in [2.05, 4.69) is 21.8 Å². The number of carbonyl (C=O) groups excluding carboxylic acids is 1. The lowest BCUT2D eigenvalue weighted by Gasteiger charge is -2.30. The fraction of sp³-hybridized carbons (Fsp3) is 0.619. The SMILES string of the molecule is CCCCCCN(CCN1CCOCC1)C(=O)c1ccc2nc(C(F)F)[nH]c2c1. The van der Waals surface area contributed by atoms with Crippen LogP contribution >= 0.6 is 0 Å². The van der Waals surface area contributed by atoms with E-state index >= 15 is 0 Å². The molecule has 1 N–H and O–H groups in total. The highest BCUT2D eigenvalue weighted by Gasteiger charge is 2.19. The highest BCUT2D eigenvalue weighted by atomic mass is 19.3. The maximum Gasteiger partial charge on any atom is 0.295 e. The van der Waals surface area contributed by atoms with E-state index in [4.69, 9.17) is 4.74 Å². The number of aromatic nitrogens is 2. The minimum atomic E-state index is -2.66. The van der Waals surface area contributed by atoms with Gasteiger partial charge in [-0.25, -0.2) is 13.8 Å². The molecule has 1 aromatic carbocycles. The maximum absolute atomic E-state index is 13.2. The van der Waals surface area contributed by atoms with Crippen LogP contribution in [0.15, 0.2) is 18.2 Å². The van der Waals surface area contributed by atoms with Crippen molar-refractivity contribution in [3.63, 3.8) is 0 Å². The molecule has 29 heavy (non-hydrogen) atoms. The number of rotatable bonds is 10. The number of nitrogens with one attached hydrogen (secondary N) is 1. The molecule has 1 amide bonds. The zero-order valence-corrected chi connectivity index (χ0v) is 17.0. The highest BCUT2D eigenvalue weighted by Crippen LogP contribution is 2.21. The van der Waals surface area contributed by atoms with Gasteiger partial charge in [0.1, 0.15) is 0 Å². The minimum absolute atomic E-state index is 0.0649. The standard InChI is InChI=1S/C21H30F2N4O2/c1-2-3-4-5-8-27(10-9-26-11-13-29-14-12-26)21(28)16-6-7-17-18(15-16)25-20(24-17)19(22)23/h6-7,15,19H,2-5,8-14H2,1H3,(H,24,25). The summed E-state index contributed by atoms with van der Waals surface area (Å²) in [7, 11) is 0. The number of hydrogen-bond acceptors (Lipinski definition) is 4. The van der Waals surface area contributed by atoms with Crippen LogP contribution in [0.1, 0.15) is 55.2 Å². The van der Waals surface area contributed by atoms with E-state index in [9.17, 15) is 13.6 Å². The number of H-pyrrole nitrogens is 1. The van der Waals surface area contributed by atoms with Crippen molar-refractivity contribution in [3.8, 4) is 0 Å². The van der Waals surface area contributed by atoms with E-state index < -0.39 is 6.43 Å². The van der Waals surface area contributed by atoms with Gasteiger partial charge in [-0.1, -0.05) is 26.2 Å². The summed E-state index contributed by atoms with van der Waals surface area (Å²) in [5, 5.41) is 0. The number of benzene rings is 1. The van der Waals surface area contributed by atoms with Crippen molar-refractivity contribution in [2.75, 3.05) is 45.9 Å². The summed E-state index contributed by atoms with van der Waals surface area (Å²) < 4.78 is 31.2. The Hall–Kier alpha value is -2.06. The Morgan fingerprint density at radius 3 is 2.76 bits per heavy atom. The first-order valence-electron chi connectivity index (χ1n) is 10.5. The van der Waals surface area contributed by atoms with Gasteiger partial charge in [0.05, 0.1) is 24.2 Å². The summed E-state index contributed by atoms with van der Waals surface area (Å²) >= 11 is 0. The fourth-order valence-corrected chi connectivity index (χ4v) is 3.58. The van der Waals surface area contributed by atoms with Crippen molar-refractivity contribution in [3.05, 3.63) is 29.6 Å². The number of alkyl halides is 2. The number of aromatic amines is 1. The molecule has 1 aliphatic rings. The zero-order valence-electron chi connectivity index (χ0n) is 17.0. The molecule has 3 rings (SSSR count). The van der Waals surface area contributed by atoms with Gasteiger partial charge in [-0.15, -0.1) is 0 Å². The smallest absolute Gasteiger partial charge is 0.295 e. The van der Waals surface area contributed by atoms with Crippen molar-refractivity contribution < 1.29 is 18.3 Å². The molecule has 6 nitrogen and oxygen atoms in total. The molecule has 1 aromatic heterocycles. The average molecular weight is 408 g/mol. The van der Waals surface area contributed by atoms with E-state index in [0.29, 0.717) is 29.7 Å². The summed E-state index contributed by atoms with van der Waals surface area (Å²) in [5.74, 6) is -0.432. The number of nitrogens with zero attached hydrogens (tertiary/aromatic N) is 3. The Morgan fingerprint density at radius 2 is 2.03 bits per heavy atom. The Kier molecular flexibility index (Phi) is 7.94. The van der Waals surface area contributed by atoms with Crippen molar-refractivity contribution in [1.82, 2.24) is 19.8 Å². The molecule has 1 aliphatic heterocycles. The lowest BCUT2D eigenvalue weighted by Crippen LogP contribution is -2.43. The summed E-state index contributed by atoms with van der Waals surface area (Å²) in [5.41, 5.74) is 1.41. The molecule has 1 saturated heterocycles. The van der Waals surface area contributed by atoms with Gasteiger partial charge in [0, 0.05) is 38.3 Å². The number of hydrogen-bond donors (Lipinski definition) is 1. The summed E-state index contributed by atoms with van der Waals surface area (Å²) in [4.78, 5) is 23.9. The van der Waals surface area contributed by atoms with Crippen LogP contribution in [0.3, 0.4) is 0 Å². The number of halogens is 2. The molecule has 0 saturated carbocycles. The number of imidazole rings is 1. The van der Waals surface area contributed by atoms with Crippen LogP contribution in [0.4, 0.5) is 8.78 Å². The molecule has 0 unspecified atom stereocenters. The number of ether oxygens (including phenoxy) is 1. The second kappa shape index (κ2) is 10.6. The van der Waals surface area contributed by atoms with Gasteiger partial charge in [0.2, 0.25) is 0 Å². The van der Waals surface area contributed by atoms with Gasteiger partial charge in [-0.2, -0.15) is 0 Å². The first-order chi connectivity index (χ1) is 14.1. The third-order valence-corrected chi connectivity index (χ3v) is 5.31. The monoisotopic (exact) mass is 408 g/mol. The molecule has 8 heteroatoms. The second-order valence-corrected chi connectivity index (χ2v) is 7.46. The van der Waals surface area contributed by atoms with Crippen LogP contribution in [0, 0.1) is 0 Å². The molecule has 0 spiro atoms. The normalized spacial score (nSPS) is 15.3. The zero-order chi connectivity index (χ0) is 20.6. The topological polar surface area (TPSA) is 61.5 Å². The van der Waals surface area contributed by atoms with Crippen molar-refractivity contribution >= 4 is 16.9 Å². The lowest BCUT2D eigenvalue weighted by molar-refractivity contribution is 0.0324. The highest BCUT2D eigenvalue weighted by molar-refractivity contribution is 5.97. The van der Waals surface area contributed by atoms with E-state index in [1.54, 1.807) is 18.2 Å². The molecule has 1 fully saturated rings.